The van der Waals surface area contributed by atoms with Gasteiger partial charge in [-0.2, -0.15) is 0 Å². The van der Waals surface area contributed by atoms with Gasteiger partial charge >= 0.3 is 5.97 Å². The first-order chi connectivity index (χ1) is 5.20. The molecule has 4 nitrogen and oxygen atoms in total. The molecule has 2 N–H and O–H groups in total. The highest BCUT2D eigenvalue weighted by atomic mass is 16.5. The van der Waals surface area contributed by atoms with Gasteiger partial charge in [0.1, 0.15) is 6.29 Å². The maximum Gasteiger partial charge on any atom is 0.305 e. The van der Waals surface area contributed by atoms with Crippen molar-refractivity contribution in [3.8, 4) is 0 Å². The predicted molar refractivity (Wildman–Crippen MR) is 39.9 cm³/mol. The Kier molecular flexibility index (Phi) is 5.37. The summed E-state index contributed by atoms with van der Waals surface area (Å²) in [5.41, 5.74) is 5.28. The third-order valence-electron chi connectivity index (χ3n) is 1.32. The van der Waals surface area contributed by atoms with E-state index in [2.05, 4.69) is 4.74 Å². The molecular weight excluding hydrogens is 146 g/mol. The molecule has 11 heavy (non-hydrogen) atoms. The molecule has 0 aliphatic heterocycles. The lowest BCUT2D eigenvalue weighted by Crippen LogP contribution is -2.21. The molecule has 0 unspecified atom stereocenters. The van der Waals surface area contributed by atoms with Crippen molar-refractivity contribution in [2.24, 2.45) is 5.73 Å². The van der Waals surface area contributed by atoms with E-state index < -0.39 is 6.04 Å². The molecule has 0 rings (SSSR count). The molecule has 0 aliphatic carbocycles. The van der Waals surface area contributed by atoms with Gasteiger partial charge in [-0.3, -0.25) is 4.79 Å². The molecule has 0 aliphatic rings. The largest absolute Gasteiger partial charge is 0.469 e. The lowest BCUT2D eigenvalue weighted by Gasteiger charge is -2.01. The molecule has 0 heterocycles. The number of hydrogen-bond donors (Lipinski definition) is 1. The Bertz CT molecular complexity index is 136. The van der Waals surface area contributed by atoms with Gasteiger partial charge in [-0.05, 0) is 12.8 Å². The third kappa shape index (κ3) is 5.54. The van der Waals surface area contributed by atoms with Gasteiger partial charge in [-0.1, -0.05) is 0 Å². The smallest absolute Gasteiger partial charge is 0.305 e. The van der Waals surface area contributed by atoms with E-state index in [0.29, 0.717) is 25.5 Å². The van der Waals surface area contributed by atoms with E-state index in [1.165, 1.54) is 7.11 Å². The van der Waals surface area contributed by atoms with Gasteiger partial charge in [-0.25, -0.2) is 0 Å². The van der Waals surface area contributed by atoms with Crippen LogP contribution in [0.3, 0.4) is 0 Å². The van der Waals surface area contributed by atoms with Crippen molar-refractivity contribution >= 4 is 12.3 Å². The molecule has 0 saturated heterocycles. The highest BCUT2D eigenvalue weighted by Gasteiger charge is 2.03. The van der Waals surface area contributed by atoms with E-state index in [1.54, 1.807) is 0 Å². The number of esters is 1. The van der Waals surface area contributed by atoms with E-state index >= 15 is 0 Å². The van der Waals surface area contributed by atoms with Gasteiger partial charge in [0.05, 0.1) is 13.2 Å². The summed E-state index contributed by atoms with van der Waals surface area (Å²) < 4.78 is 4.40. The van der Waals surface area contributed by atoms with Crippen molar-refractivity contribution in [1.82, 2.24) is 0 Å². The number of carbonyl (C=O) groups is 2. The summed E-state index contributed by atoms with van der Waals surface area (Å²) in [4.78, 5) is 20.5. The van der Waals surface area contributed by atoms with E-state index in [-0.39, 0.29) is 5.97 Å². The standard InChI is InChI=1S/C7H13NO3/c1-11-7(10)4-2-3-6(8)5-9/h5-6H,2-4,8H2,1H3/t6-/m0/s1. The minimum absolute atomic E-state index is 0.261. The number of ether oxygens (including phenoxy) is 1. The zero-order chi connectivity index (χ0) is 8.69. The second-order valence-electron chi connectivity index (χ2n) is 2.27. The van der Waals surface area contributed by atoms with Gasteiger partial charge in [0, 0.05) is 6.42 Å². The molecule has 0 bridgehead atoms. The van der Waals surface area contributed by atoms with Crippen LogP contribution in [0, 0.1) is 0 Å². The lowest BCUT2D eigenvalue weighted by molar-refractivity contribution is -0.140. The highest BCUT2D eigenvalue weighted by molar-refractivity contribution is 5.69. The van der Waals surface area contributed by atoms with Gasteiger partial charge in [0.2, 0.25) is 0 Å². The highest BCUT2D eigenvalue weighted by Crippen LogP contribution is 1.98. The number of rotatable bonds is 5. The average molecular weight is 159 g/mol. The zero-order valence-electron chi connectivity index (χ0n) is 6.58. The molecule has 0 spiro atoms. The SMILES string of the molecule is COC(=O)CCC[C@H](N)C=O. The second-order valence-corrected chi connectivity index (χ2v) is 2.27. The molecular formula is C7H13NO3. The fourth-order valence-corrected chi connectivity index (χ4v) is 0.652. The van der Waals surface area contributed by atoms with Gasteiger partial charge in [0.15, 0.2) is 0 Å². The Balaban J connectivity index is 3.26. The van der Waals surface area contributed by atoms with Crippen LogP contribution in [0.1, 0.15) is 19.3 Å². The van der Waals surface area contributed by atoms with Crippen molar-refractivity contribution < 1.29 is 14.3 Å². The molecule has 0 amide bonds. The molecule has 0 saturated carbocycles. The summed E-state index contributed by atoms with van der Waals surface area (Å²) in [6, 6.07) is -0.445. The lowest BCUT2D eigenvalue weighted by atomic mass is 10.1. The molecule has 4 heteroatoms. The van der Waals surface area contributed by atoms with Crippen molar-refractivity contribution in [3.05, 3.63) is 0 Å². The Hall–Kier alpha value is -0.900. The Morgan fingerprint density at radius 1 is 1.73 bits per heavy atom. The van der Waals surface area contributed by atoms with E-state index in [9.17, 15) is 9.59 Å². The Morgan fingerprint density at radius 3 is 2.82 bits per heavy atom. The quantitative estimate of drug-likeness (QED) is 0.447. The molecule has 0 aromatic heterocycles. The van der Waals surface area contributed by atoms with E-state index in [1.807, 2.05) is 0 Å². The van der Waals surface area contributed by atoms with Crippen LogP contribution >= 0.6 is 0 Å². The molecule has 1 atom stereocenters. The topological polar surface area (TPSA) is 69.4 Å². The van der Waals surface area contributed by atoms with Crippen LogP contribution in [-0.4, -0.2) is 25.4 Å². The first-order valence-electron chi connectivity index (χ1n) is 3.48. The van der Waals surface area contributed by atoms with Crippen molar-refractivity contribution in [3.63, 3.8) is 0 Å². The Labute approximate surface area is 65.7 Å². The summed E-state index contributed by atoms with van der Waals surface area (Å²) in [5.74, 6) is -0.261. The van der Waals surface area contributed by atoms with Crippen LogP contribution in [0.5, 0.6) is 0 Å². The fourth-order valence-electron chi connectivity index (χ4n) is 0.652. The van der Waals surface area contributed by atoms with Crippen LogP contribution in [0.4, 0.5) is 0 Å². The number of carbonyl (C=O) groups excluding carboxylic acids is 2. The number of nitrogens with two attached hydrogens (primary N) is 1. The van der Waals surface area contributed by atoms with E-state index in [0.717, 1.165) is 0 Å². The van der Waals surface area contributed by atoms with Crippen molar-refractivity contribution in [2.45, 2.75) is 25.3 Å². The van der Waals surface area contributed by atoms with E-state index in [4.69, 9.17) is 5.73 Å². The second kappa shape index (κ2) is 5.85. The average Bonchev–Trinajstić information content (AvgIpc) is 2.04. The summed E-state index contributed by atoms with van der Waals surface area (Å²) in [6.07, 6.45) is 2.15. The maximum absolute atomic E-state index is 10.5. The summed E-state index contributed by atoms with van der Waals surface area (Å²) in [5, 5.41) is 0. The monoisotopic (exact) mass is 159 g/mol. The van der Waals surface area contributed by atoms with Gasteiger partial charge in [-0.15, -0.1) is 0 Å². The summed E-state index contributed by atoms with van der Waals surface area (Å²) >= 11 is 0. The molecule has 64 valence electrons. The van der Waals surface area contributed by atoms with Crippen molar-refractivity contribution in [1.29, 1.82) is 0 Å². The minimum Gasteiger partial charge on any atom is -0.469 e. The number of hydrogen-bond acceptors (Lipinski definition) is 4. The third-order valence-corrected chi connectivity index (χ3v) is 1.32. The van der Waals surface area contributed by atoms with Gasteiger partial charge in [0.25, 0.3) is 0 Å². The first-order valence-corrected chi connectivity index (χ1v) is 3.48. The molecule has 0 aromatic carbocycles. The van der Waals surface area contributed by atoms with Crippen LogP contribution in [0.15, 0.2) is 0 Å². The normalized spacial score (nSPS) is 12.2. The zero-order valence-corrected chi connectivity index (χ0v) is 6.58. The number of methoxy groups -OCH3 is 1. The summed E-state index contributed by atoms with van der Waals surface area (Å²) in [7, 11) is 1.34. The maximum atomic E-state index is 10.5. The van der Waals surface area contributed by atoms with Gasteiger partial charge < -0.3 is 15.3 Å². The molecule has 0 fully saturated rings. The van der Waals surface area contributed by atoms with Crippen LogP contribution in [0.2, 0.25) is 0 Å². The van der Waals surface area contributed by atoms with Crippen LogP contribution in [0.25, 0.3) is 0 Å². The van der Waals surface area contributed by atoms with Crippen LogP contribution in [-0.2, 0) is 14.3 Å². The molecule has 0 aromatic rings. The predicted octanol–water partition coefficient (Wildman–Crippen LogP) is -0.144. The van der Waals surface area contributed by atoms with Crippen molar-refractivity contribution in [2.75, 3.05) is 7.11 Å². The van der Waals surface area contributed by atoms with Crippen LogP contribution < -0.4 is 5.73 Å². The number of aldehydes is 1. The summed E-state index contributed by atoms with van der Waals surface area (Å²) in [6.45, 7) is 0. The fraction of sp³-hybridized carbons (Fsp3) is 0.714. The first kappa shape index (κ1) is 10.1. The minimum atomic E-state index is -0.445. The Morgan fingerprint density at radius 2 is 2.36 bits per heavy atom. The molecule has 0 radical (unpaired) electrons.